The molecule has 0 N–H and O–H groups in total. The Morgan fingerprint density at radius 2 is 2.19 bits per heavy atom. The summed E-state index contributed by atoms with van der Waals surface area (Å²) in [7, 11) is -2.92. The summed E-state index contributed by atoms with van der Waals surface area (Å²) in [5.74, 6) is 0. The third-order valence-corrected chi connectivity index (χ3v) is 4.23. The summed E-state index contributed by atoms with van der Waals surface area (Å²) in [6.07, 6.45) is 3.90. The first-order chi connectivity index (χ1) is 7.73. The molecule has 2 unspecified atom stereocenters. The van der Waals surface area contributed by atoms with Gasteiger partial charge in [0.1, 0.15) is 6.10 Å². The fourth-order valence-corrected chi connectivity index (χ4v) is 3.22. The van der Waals surface area contributed by atoms with Gasteiger partial charge in [0.05, 0.1) is 12.8 Å². The zero-order valence-corrected chi connectivity index (χ0v) is 10.1. The zero-order valence-electron chi connectivity index (χ0n) is 9.20. The van der Waals surface area contributed by atoms with Gasteiger partial charge in [0, 0.05) is 0 Å². The highest BCUT2D eigenvalue weighted by Crippen LogP contribution is 2.54. The molecule has 2 rings (SSSR count). The van der Waals surface area contributed by atoms with Gasteiger partial charge >= 0.3 is 7.60 Å². The van der Waals surface area contributed by atoms with E-state index in [9.17, 15) is 4.57 Å². The average molecular weight is 238 g/mol. The van der Waals surface area contributed by atoms with Crippen molar-refractivity contribution in [3.8, 4) is 0 Å². The van der Waals surface area contributed by atoms with E-state index in [4.69, 9.17) is 9.05 Å². The van der Waals surface area contributed by atoms with Crippen molar-refractivity contribution in [3.05, 3.63) is 48.0 Å². The molecule has 0 bridgehead atoms. The molecule has 0 aromatic heterocycles. The van der Waals surface area contributed by atoms with Crippen LogP contribution in [0.4, 0.5) is 0 Å². The first-order valence-corrected chi connectivity index (χ1v) is 7.10. The van der Waals surface area contributed by atoms with Crippen LogP contribution in [0.3, 0.4) is 0 Å². The minimum absolute atomic E-state index is 0.257. The fraction of sp³-hybridized carbons (Fsp3) is 0.333. The van der Waals surface area contributed by atoms with E-state index in [0.717, 1.165) is 5.56 Å². The van der Waals surface area contributed by atoms with Crippen molar-refractivity contribution >= 4 is 7.60 Å². The molecule has 0 saturated carbocycles. The van der Waals surface area contributed by atoms with Crippen molar-refractivity contribution in [2.24, 2.45) is 0 Å². The van der Waals surface area contributed by atoms with Gasteiger partial charge in [-0.1, -0.05) is 42.5 Å². The van der Waals surface area contributed by atoms with Crippen LogP contribution in [0, 0.1) is 0 Å². The Labute approximate surface area is 95.6 Å². The van der Waals surface area contributed by atoms with E-state index in [-0.39, 0.29) is 6.10 Å². The van der Waals surface area contributed by atoms with Crippen LogP contribution in [0.1, 0.15) is 18.6 Å². The molecule has 2 atom stereocenters. The van der Waals surface area contributed by atoms with Crippen molar-refractivity contribution in [1.29, 1.82) is 0 Å². The number of hydrogen-bond acceptors (Lipinski definition) is 3. The van der Waals surface area contributed by atoms with Gasteiger partial charge in [-0.05, 0) is 12.5 Å². The lowest BCUT2D eigenvalue weighted by molar-refractivity contribution is 0.177. The monoisotopic (exact) mass is 238 g/mol. The molecule has 0 radical (unpaired) electrons. The highest BCUT2D eigenvalue weighted by Gasteiger charge is 2.30. The highest BCUT2D eigenvalue weighted by atomic mass is 31.2. The molecule has 0 aliphatic carbocycles. The van der Waals surface area contributed by atoms with E-state index in [1.165, 1.54) is 0 Å². The van der Waals surface area contributed by atoms with Crippen molar-refractivity contribution < 1.29 is 13.6 Å². The fourth-order valence-electron chi connectivity index (χ4n) is 1.66. The van der Waals surface area contributed by atoms with Crippen LogP contribution in [-0.4, -0.2) is 12.8 Å². The van der Waals surface area contributed by atoms with Gasteiger partial charge in [-0.3, -0.25) is 9.09 Å². The molecule has 0 saturated heterocycles. The summed E-state index contributed by atoms with van der Waals surface area (Å²) in [5.41, 5.74) is 0.998. The van der Waals surface area contributed by atoms with Gasteiger partial charge in [-0.15, -0.1) is 0 Å². The van der Waals surface area contributed by atoms with E-state index in [0.29, 0.717) is 12.8 Å². The summed E-state index contributed by atoms with van der Waals surface area (Å²) in [6.45, 7) is 2.23. The van der Waals surface area contributed by atoms with Crippen molar-refractivity contribution in [2.75, 3.05) is 12.8 Å². The van der Waals surface area contributed by atoms with Crippen LogP contribution in [0.15, 0.2) is 42.5 Å². The van der Waals surface area contributed by atoms with Crippen LogP contribution >= 0.6 is 7.60 Å². The predicted octanol–water partition coefficient (Wildman–Crippen LogP) is 3.54. The molecule has 1 aliphatic rings. The third kappa shape index (κ3) is 2.62. The van der Waals surface area contributed by atoms with Gasteiger partial charge in [0.25, 0.3) is 0 Å². The predicted molar refractivity (Wildman–Crippen MR) is 63.5 cm³/mol. The molecule has 16 heavy (non-hydrogen) atoms. The molecule has 0 spiro atoms. The summed E-state index contributed by atoms with van der Waals surface area (Å²) in [6, 6.07) is 9.73. The molecule has 0 amide bonds. The molecule has 4 heteroatoms. The number of rotatable bonds is 3. The Balaban J connectivity index is 2.17. The van der Waals surface area contributed by atoms with Crippen LogP contribution in [0.5, 0.6) is 0 Å². The van der Waals surface area contributed by atoms with Crippen LogP contribution < -0.4 is 0 Å². The highest BCUT2D eigenvalue weighted by molar-refractivity contribution is 7.54. The minimum Gasteiger partial charge on any atom is -0.309 e. The van der Waals surface area contributed by atoms with Crippen LogP contribution in [0.2, 0.25) is 0 Å². The van der Waals surface area contributed by atoms with E-state index in [1.54, 1.807) is 0 Å². The molecule has 1 aliphatic heterocycles. The molecule has 0 fully saturated rings. The van der Waals surface area contributed by atoms with Gasteiger partial charge in [-0.2, -0.15) is 0 Å². The Kier molecular flexibility index (Phi) is 3.59. The first kappa shape index (κ1) is 11.6. The normalized spacial score (nSPS) is 29.2. The maximum atomic E-state index is 12.1. The quantitative estimate of drug-likeness (QED) is 0.596. The minimum atomic E-state index is -2.92. The first-order valence-electron chi connectivity index (χ1n) is 5.37. The molecular weight excluding hydrogens is 223 g/mol. The molecule has 1 aromatic carbocycles. The zero-order chi connectivity index (χ0) is 11.4. The van der Waals surface area contributed by atoms with E-state index >= 15 is 0 Å². The Morgan fingerprint density at radius 1 is 1.44 bits per heavy atom. The molecule has 3 nitrogen and oxygen atoms in total. The topological polar surface area (TPSA) is 35.5 Å². The number of benzene rings is 1. The molecular formula is C12H15O3P. The Hall–Kier alpha value is -0.890. The van der Waals surface area contributed by atoms with Gasteiger partial charge in [0.15, 0.2) is 0 Å². The lowest BCUT2D eigenvalue weighted by atomic mass is 10.1. The summed E-state index contributed by atoms with van der Waals surface area (Å²) < 4.78 is 22.9. The standard InChI is InChI=1S/C12H15O3P/c1-2-14-16(13)10-6-9-12(15-16)11-7-4-3-5-8-11/h3-9,12H,2,10H2,1H3. The maximum absolute atomic E-state index is 12.1. The SMILES string of the molecule is CCOP1(=O)CC=CC(c2ccccc2)O1. The van der Waals surface area contributed by atoms with Crippen molar-refractivity contribution in [1.82, 2.24) is 0 Å². The van der Waals surface area contributed by atoms with Crippen molar-refractivity contribution in [3.63, 3.8) is 0 Å². The van der Waals surface area contributed by atoms with E-state index < -0.39 is 7.60 Å². The lowest BCUT2D eigenvalue weighted by Crippen LogP contribution is -2.08. The van der Waals surface area contributed by atoms with Gasteiger partial charge in [-0.25, -0.2) is 0 Å². The largest absolute Gasteiger partial charge is 0.335 e. The molecule has 86 valence electrons. The second kappa shape index (κ2) is 4.96. The number of hydrogen-bond donors (Lipinski definition) is 0. The van der Waals surface area contributed by atoms with E-state index in [1.807, 2.05) is 49.4 Å². The third-order valence-electron chi connectivity index (χ3n) is 2.37. The molecule has 1 aromatic rings. The second-order valence-corrected chi connectivity index (χ2v) is 5.63. The van der Waals surface area contributed by atoms with Gasteiger partial charge < -0.3 is 4.52 Å². The number of allylic oxidation sites excluding steroid dienone is 1. The summed E-state index contributed by atoms with van der Waals surface area (Å²) >= 11 is 0. The lowest BCUT2D eigenvalue weighted by Gasteiger charge is -2.25. The Morgan fingerprint density at radius 3 is 2.88 bits per heavy atom. The van der Waals surface area contributed by atoms with Crippen molar-refractivity contribution in [2.45, 2.75) is 13.0 Å². The van der Waals surface area contributed by atoms with Gasteiger partial charge in [0.2, 0.25) is 0 Å². The van der Waals surface area contributed by atoms with Crippen LogP contribution in [-0.2, 0) is 13.6 Å². The summed E-state index contributed by atoms with van der Waals surface area (Å²) in [5, 5.41) is 0. The smallest absolute Gasteiger partial charge is 0.309 e. The Bertz CT molecular complexity index is 414. The average Bonchev–Trinajstić information content (AvgIpc) is 2.30. The summed E-state index contributed by atoms with van der Waals surface area (Å²) in [4.78, 5) is 0. The maximum Gasteiger partial charge on any atom is 0.335 e. The molecule has 1 heterocycles. The van der Waals surface area contributed by atoms with Crippen LogP contribution in [0.25, 0.3) is 0 Å². The second-order valence-electron chi connectivity index (χ2n) is 3.58. The van der Waals surface area contributed by atoms with E-state index in [2.05, 4.69) is 0 Å².